The number of hydrogen-bond donors (Lipinski definition) is 1. The van der Waals surface area contributed by atoms with Gasteiger partial charge in [-0.15, -0.1) is 0 Å². The summed E-state index contributed by atoms with van der Waals surface area (Å²) in [4.78, 5) is 0. The minimum atomic E-state index is -0.656. The second-order valence-corrected chi connectivity index (χ2v) is 5.86. The number of hydrogen-bond acceptors (Lipinski definition) is 1. The van der Waals surface area contributed by atoms with Gasteiger partial charge in [0, 0.05) is 0 Å². The highest BCUT2D eigenvalue weighted by atomic mass is 16.3. The fourth-order valence-electron chi connectivity index (χ4n) is 3.17. The molecule has 0 radical (unpaired) electrons. The van der Waals surface area contributed by atoms with Crippen molar-refractivity contribution in [2.24, 2.45) is 5.92 Å². The van der Waals surface area contributed by atoms with Gasteiger partial charge in [0.05, 0.1) is 5.60 Å². The molecular formula is C16H24O. The first-order chi connectivity index (χ1) is 8.00. The van der Waals surface area contributed by atoms with Gasteiger partial charge in [0.25, 0.3) is 0 Å². The fraction of sp³-hybridized carbons (Fsp3) is 0.625. The molecule has 1 nitrogen and oxygen atoms in total. The molecule has 1 fully saturated rings. The van der Waals surface area contributed by atoms with E-state index in [-0.39, 0.29) is 0 Å². The van der Waals surface area contributed by atoms with Gasteiger partial charge < -0.3 is 5.11 Å². The van der Waals surface area contributed by atoms with Crippen LogP contribution in [0.3, 0.4) is 0 Å². The van der Waals surface area contributed by atoms with Crippen molar-refractivity contribution in [3.05, 3.63) is 34.9 Å². The molecular weight excluding hydrogens is 208 g/mol. The SMILES string of the molecule is Cc1cc(C)cc(C(C)(O)C2CCCCC2)c1. The highest BCUT2D eigenvalue weighted by Crippen LogP contribution is 2.39. The maximum Gasteiger partial charge on any atom is 0.0896 e. The summed E-state index contributed by atoms with van der Waals surface area (Å²) in [6.45, 7) is 6.21. The van der Waals surface area contributed by atoms with E-state index in [1.54, 1.807) is 0 Å². The monoisotopic (exact) mass is 232 g/mol. The molecule has 1 aromatic carbocycles. The maximum absolute atomic E-state index is 10.9. The minimum absolute atomic E-state index is 0.428. The molecule has 2 rings (SSSR count). The van der Waals surface area contributed by atoms with Crippen molar-refractivity contribution in [3.8, 4) is 0 Å². The maximum atomic E-state index is 10.9. The molecule has 1 unspecified atom stereocenters. The van der Waals surface area contributed by atoms with Crippen LogP contribution in [0.2, 0.25) is 0 Å². The highest BCUT2D eigenvalue weighted by molar-refractivity contribution is 5.32. The van der Waals surface area contributed by atoms with E-state index in [4.69, 9.17) is 0 Å². The number of rotatable bonds is 2. The summed E-state index contributed by atoms with van der Waals surface area (Å²) in [5.74, 6) is 0.428. The summed E-state index contributed by atoms with van der Waals surface area (Å²) < 4.78 is 0. The second-order valence-electron chi connectivity index (χ2n) is 5.86. The Balaban J connectivity index is 2.29. The van der Waals surface area contributed by atoms with E-state index in [0.29, 0.717) is 5.92 Å². The van der Waals surface area contributed by atoms with E-state index in [0.717, 1.165) is 5.56 Å². The fourth-order valence-corrected chi connectivity index (χ4v) is 3.17. The third-order valence-corrected chi connectivity index (χ3v) is 4.21. The van der Waals surface area contributed by atoms with Crippen LogP contribution in [0.15, 0.2) is 18.2 Å². The Hall–Kier alpha value is -0.820. The van der Waals surface area contributed by atoms with Gasteiger partial charge in [-0.2, -0.15) is 0 Å². The average molecular weight is 232 g/mol. The summed E-state index contributed by atoms with van der Waals surface area (Å²) in [5, 5.41) is 10.9. The molecule has 1 aromatic rings. The van der Waals surface area contributed by atoms with Gasteiger partial charge in [0.1, 0.15) is 0 Å². The van der Waals surface area contributed by atoms with Crippen LogP contribution in [0.4, 0.5) is 0 Å². The summed E-state index contributed by atoms with van der Waals surface area (Å²) in [6.07, 6.45) is 6.20. The van der Waals surface area contributed by atoms with Crippen molar-refractivity contribution in [1.82, 2.24) is 0 Å². The van der Waals surface area contributed by atoms with E-state index in [2.05, 4.69) is 32.0 Å². The van der Waals surface area contributed by atoms with Crippen molar-refractivity contribution in [2.45, 2.75) is 58.5 Å². The molecule has 0 bridgehead atoms. The summed E-state index contributed by atoms with van der Waals surface area (Å²) in [5.41, 5.74) is 2.94. The molecule has 1 aliphatic carbocycles. The van der Waals surface area contributed by atoms with Gasteiger partial charge in [-0.1, -0.05) is 48.6 Å². The highest BCUT2D eigenvalue weighted by Gasteiger charge is 2.34. The van der Waals surface area contributed by atoms with Gasteiger partial charge in [0.15, 0.2) is 0 Å². The smallest absolute Gasteiger partial charge is 0.0896 e. The first kappa shape index (κ1) is 12.6. The standard InChI is InChI=1S/C16H24O/c1-12-9-13(2)11-15(10-12)16(3,17)14-7-5-4-6-8-14/h9-11,14,17H,4-8H2,1-3H3. The van der Waals surface area contributed by atoms with Crippen molar-refractivity contribution in [3.63, 3.8) is 0 Å². The third-order valence-electron chi connectivity index (χ3n) is 4.21. The first-order valence-corrected chi connectivity index (χ1v) is 6.81. The predicted molar refractivity (Wildman–Crippen MR) is 72.1 cm³/mol. The van der Waals surface area contributed by atoms with Crippen LogP contribution in [0.25, 0.3) is 0 Å². The van der Waals surface area contributed by atoms with Gasteiger partial charge in [-0.25, -0.2) is 0 Å². The van der Waals surface area contributed by atoms with Gasteiger partial charge >= 0.3 is 0 Å². The molecule has 17 heavy (non-hydrogen) atoms. The summed E-state index contributed by atoms with van der Waals surface area (Å²) in [7, 11) is 0. The Bertz CT molecular complexity index is 366. The van der Waals surface area contributed by atoms with Gasteiger partial charge in [-0.3, -0.25) is 0 Å². The first-order valence-electron chi connectivity index (χ1n) is 6.81. The largest absolute Gasteiger partial charge is 0.385 e. The molecule has 0 aromatic heterocycles. The van der Waals surface area contributed by atoms with E-state index in [1.165, 1.54) is 43.2 Å². The minimum Gasteiger partial charge on any atom is -0.385 e. The Morgan fingerprint density at radius 3 is 2.06 bits per heavy atom. The zero-order valence-electron chi connectivity index (χ0n) is 11.3. The van der Waals surface area contributed by atoms with Crippen LogP contribution in [0.5, 0.6) is 0 Å². The Morgan fingerprint density at radius 1 is 1.00 bits per heavy atom. The van der Waals surface area contributed by atoms with Crippen molar-refractivity contribution in [1.29, 1.82) is 0 Å². The van der Waals surface area contributed by atoms with Crippen molar-refractivity contribution < 1.29 is 5.11 Å². The van der Waals surface area contributed by atoms with E-state index >= 15 is 0 Å². The Kier molecular flexibility index (Phi) is 3.58. The summed E-state index contributed by atoms with van der Waals surface area (Å²) >= 11 is 0. The second kappa shape index (κ2) is 4.81. The molecule has 0 aliphatic heterocycles. The molecule has 1 atom stereocenters. The van der Waals surface area contributed by atoms with E-state index in [1.807, 2.05) is 6.92 Å². The Labute approximate surface area is 105 Å². The van der Waals surface area contributed by atoms with Crippen LogP contribution in [0, 0.1) is 19.8 Å². The van der Waals surface area contributed by atoms with Crippen LogP contribution < -0.4 is 0 Å². The lowest BCUT2D eigenvalue weighted by Gasteiger charge is -2.36. The van der Waals surface area contributed by atoms with Crippen LogP contribution in [-0.4, -0.2) is 5.11 Å². The van der Waals surface area contributed by atoms with Crippen LogP contribution >= 0.6 is 0 Å². The van der Waals surface area contributed by atoms with Crippen molar-refractivity contribution >= 4 is 0 Å². The molecule has 0 heterocycles. The molecule has 0 spiro atoms. The molecule has 1 aliphatic rings. The van der Waals surface area contributed by atoms with Gasteiger partial charge in [0.2, 0.25) is 0 Å². The predicted octanol–water partition coefficient (Wildman–Crippen LogP) is 4.09. The van der Waals surface area contributed by atoms with E-state index < -0.39 is 5.60 Å². The lowest BCUT2D eigenvalue weighted by Crippen LogP contribution is -2.33. The molecule has 0 amide bonds. The third kappa shape index (κ3) is 2.71. The Morgan fingerprint density at radius 2 is 1.53 bits per heavy atom. The molecule has 1 N–H and O–H groups in total. The van der Waals surface area contributed by atoms with Crippen LogP contribution in [0.1, 0.15) is 55.7 Å². The molecule has 1 saturated carbocycles. The average Bonchev–Trinajstić information content (AvgIpc) is 2.29. The van der Waals surface area contributed by atoms with Gasteiger partial charge in [-0.05, 0) is 45.1 Å². The molecule has 0 saturated heterocycles. The zero-order valence-corrected chi connectivity index (χ0v) is 11.3. The quantitative estimate of drug-likeness (QED) is 0.814. The number of benzene rings is 1. The summed E-state index contributed by atoms with van der Waals surface area (Å²) in [6, 6.07) is 6.45. The molecule has 1 heteroatoms. The van der Waals surface area contributed by atoms with Crippen molar-refractivity contribution in [2.75, 3.05) is 0 Å². The normalized spacial score (nSPS) is 21.2. The zero-order chi connectivity index (χ0) is 12.5. The van der Waals surface area contributed by atoms with Crippen LogP contribution in [-0.2, 0) is 5.60 Å². The topological polar surface area (TPSA) is 20.2 Å². The lowest BCUT2D eigenvalue weighted by molar-refractivity contribution is -0.0215. The lowest BCUT2D eigenvalue weighted by atomic mass is 9.74. The number of aliphatic hydroxyl groups is 1. The number of aryl methyl sites for hydroxylation is 2. The molecule has 94 valence electrons. The van der Waals surface area contributed by atoms with E-state index in [9.17, 15) is 5.11 Å².